The molecule has 0 bridgehead atoms. The van der Waals surface area contributed by atoms with Crippen LogP contribution in [0.5, 0.6) is 0 Å². The van der Waals surface area contributed by atoms with Crippen molar-refractivity contribution in [2.24, 2.45) is 5.92 Å². The van der Waals surface area contributed by atoms with Crippen LogP contribution in [0.25, 0.3) is 10.9 Å². The molecule has 1 aromatic heterocycles. The van der Waals surface area contributed by atoms with E-state index in [1.54, 1.807) is 0 Å². The van der Waals surface area contributed by atoms with Gasteiger partial charge < -0.3 is 10.4 Å². The lowest BCUT2D eigenvalue weighted by Gasteiger charge is -2.28. The summed E-state index contributed by atoms with van der Waals surface area (Å²) in [7, 11) is 0. The number of carboxylic acid groups (broad SMARTS) is 1. The Labute approximate surface area is 121 Å². The molecule has 0 spiro atoms. The molecule has 1 fully saturated rings. The Morgan fingerprint density at radius 2 is 2.00 bits per heavy atom. The van der Waals surface area contributed by atoms with E-state index in [1.165, 1.54) is 0 Å². The molecule has 1 saturated carbocycles. The number of aromatic nitrogens is 2. The molecule has 21 heavy (non-hydrogen) atoms. The number of hydrogen-bond donors (Lipinski definition) is 3. The Kier molecular flexibility index (Phi) is 3.60. The lowest BCUT2D eigenvalue weighted by Crippen LogP contribution is -2.45. The Balaban J connectivity index is 1.80. The fourth-order valence-corrected chi connectivity index (χ4v) is 2.97. The van der Waals surface area contributed by atoms with Crippen LogP contribution in [0, 0.1) is 5.92 Å². The van der Waals surface area contributed by atoms with Gasteiger partial charge in [-0.1, -0.05) is 31.0 Å². The first-order valence-corrected chi connectivity index (χ1v) is 7.13. The molecule has 0 saturated heterocycles. The lowest BCUT2D eigenvalue weighted by atomic mass is 9.84. The van der Waals surface area contributed by atoms with E-state index in [0.717, 1.165) is 23.7 Å². The van der Waals surface area contributed by atoms with E-state index in [9.17, 15) is 14.7 Å². The van der Waals surface area contributed by atoms with Crippen molar-refractivity contribution >= 4 is 22.8 Å². The van der Waals surface area contributed by atoms with E-state index in [0.29, 0.717) is 18.5 Å². The molecule has 0 aliphatic heterocycles. The number of nitrogens with one attached hydrogen (secondary N) is 2. The number of H-pyrrole nitrogens is 1. The highest BCUT2D eigenvalue weighted by Crippen LogP contribution is 2.25. The summed E-state index contributed by atoms with van der Waals surface area (Å²) < 4.78 is 0. The Hall–Kier alpha value is -2.37. The van der Waals surface area contributed by atoms with E-state index >= 15 is 0 Å². The molecular formula is C15H17N3O3. The van der Waals surface area contributed by atoms with Gasteiger partial charge in [-0.2, -0.15) is 5.10 Å². The summed E-state index contributed by atoms with van der Waals surface area (Å²) in [5.74, 6) is -1.66. The third kappa shape index (κ3) is 2.61. The van der Waals surface area contributed by atoms with E-state index in [4.69, 9.17) is 0 Å². The van der Waals surface area contributed by atoms with Gasteiger partial charge in [0, 0.05) is 11.4 Å². The van der Waals surface area contributed by atoms with Crippen molar-refractivity contribution in [1.29, 1.82) is 0 Å². The van der Waals surface area contributed by atoms with Gasteiger partial charge >= 0.3 is 5.97 Å². The molecule has 1 aliphatic carbocycles. The van der Waals surface area contributed by atoms with E-state index in [-0.39, 0.29) is 11.9 Å². The molecule has 1 amide bonds. The number of fused-ring (bicyclic) bond motifs is 1. The molecule has 0 radical (unpaired) electrons. The number of carbonyl (C=O) groups is 2. The largest absolute Gasteiger partial charge is 0.481 e. The normalized spacial score (nSPS) is 22.1. The molecule has 2 unspecified atom stereocenters. The second kappa shape index (κ2) is 5.55. The molecule has 1 heterocycles. The number of carbonyl (C=O) groups excluding carboxylic acids is 1. The average molecular weight is 287 g/mol. The predicted molar refractivity (Wildman–Crippen MR) is 76.9 cm³/mol. The smallest absolute Gasteiger partial charge is 0.308 e. The molecular weight excluding hydrogens is 270 g/mol. The number of amides is 1. The maximum atomic E-state index is 12.4. The summed E-state index contributed by atoms with van der Waals surface area (Å²) in [5, 5.41) is 19.7. The van der Waals surface area contributed by atoms with Crippen molar-refractivity contribution < 1.29 is 14.7 Å². The van der Waals surface area contributed by atoms with Gasteiger partial charge in [0.2, 0.25) is 0 Å². The standard InChI is InChI=1S/C15H17N3O3/c19-14(13-9-5-1-4-8-12(9)17-18-13)16-11-7-3-2-6-10(11)15(20)21/h1,4-5,8,10-11H,2-3,6-7H2,(H,16,19)(H,17,18)(H,20,21). The Morgan fingerprint density at radius 3 is 2.81 bits per heavy atom. The predicted octanol–water partition coefficient (Wildman–Crippen LogP) is 1.94. The highest BCUT2D eigenvalue weighted by Gasteiger charge is 2.32. The molecule has 6 heteroatoms. The van der Waals surface area contributed by atoms with Crippen LogP contribution >= 0.6 is 0 Å². The van der Waals surface area contributed by atoms with Crippen molar-refractivity contribution in [2.75, 3.05) is 0 Å². The number of aromatic amines is 1. The fourth-order valence-electron chi connectivity index (χ4n) is 2.97. The quantitative estimate of drug-likeness (QED) is 0.804. The zero-order chi connectivity index (χ0) is 14.8. The van der Waals surface area contributed by atoms with Crippen LogP contribution < -0.4 is 5.32 Å². The Morgan fingerprint density at radius 1 is 1.24 bits per heavy atom. The maximum absolute atomic E-state index is 12.4. The van der Waals surface area contributed by atoms with Crippen molar-refractivity contribution in [1.82, 2.24) is 15.5 Å². The van der Waals surface area contributed by atoms with E-state index < -0.39 is 11.9 Å². The first-order chi connectivity index (χ1) is 10.2. The van der Waals surface area contributed by atoms with Crippen LogP contribution in [0.3, 0.4) is 0 Å². The molecule has 3 N–H and O–H groups in total. The van der Waals surface area contributed by atoms with Crippen LogP contribution in [0.1, 0.15) is 36.2 Å². The van der Waals surface area contributed by atoms with E-state index in [2.05, 4.69) is 15.5 Å². The molecule has 1 aliphatic rings. The number of hydrogen-bond acceptors (Lipinski definition) is 3. The average Bonchev–Trinajstić information content (AvgIpc) is 2.91. The second-order valence-corrected chi connectivity index (χ2v) is 5.43. The van der Waals surface area contributed by atoms with Gasteiger partial charge in [-0.3, -0.25) is 14.7 Å². The number of nitrogens with zero attached hydrogens (tertiary/aromatic N) is 1. The second-order valence-electron chi connectivity index (χ2n) is 5.43. The van der Waals surface area contributed by atoms with Gasteiger partial charge in [0.1, 0.15) is 0 Å². The summed E-state index contributed by atoms with van der Waals surface area (Å²) in [6.07, 6.45) is 3.15. The van der Waals surface area contributed by atoms with Crippen LogP contribution in [-0.2, 0) is 4.79 Å². The molecule has 2 aromatic rings. The third-order valence-electron chi connectivity index (χ3n) is 4.09. The van der Waals surface area contributed by atoms with Crippen molar-refractivity contribution in [3.63, 3.8) is 0 Å². The number of para-hydroxylation sites is 1. The molecule has 110 valence electrons. The zero-order valence-corrected chi connectivity index (χ0v) is 11.5. The SMILES string of the molecule is O=C(NC1CCCCC1C(=O)O)c1n[nH]c2ccccc12. The molecule has 3 rings (SSSR count). The summed E-state index contributed by atoms with van der Waals surface area (Å²) in [5.41, 5.74) is 1.11. The maximum Gasteiger partial charge on any atom is 0.308 e. The highest BCUT2D eigenvalue weighted by atomic mass is 16.4. The van der Waals surface area contributed by atoms with Gasteiger partial charge in [-0.25, -0.2) is 0 Å². The van der Waals surface area contributed by atoms with E-state index in [1.807, 2.05) is 24.3 Å². The summed E-state index contributed by atoms with van der Waals surface area (Å²) in [4.78, 5) is 23.6. The van der Waals surface area contributed by atoms with Crippen molar-refractivity contribution in [3.8, 4) is 0 Å². The monoisotopic (exact) mass is 287 g/mol. The summed E-state index contributed by atoms with van der Waals surface area (Å²) in [6, 6.07) is 7.06. The first kappa shape index (κ1) is 13.6. The van der Waals surface area contributed by atoms with Gasteiger partial charge in [-0.15, -0.1) is 0 Å². The minimum atomic E-state index is -0.841. The first-order valence-electron chi connectivity index (χ1n) is 7.13. The van der Waals surface area contributed by atoms with Gasteiger partial charge in [0.15, 0.2) is 5.69 Å². The van der Waals surface area contributed by atoms with Gasteiger partial charge in [0.05, 0.1) is 11.4 Å². The third-order valence-corrected chi connectivity index (χ3v) is 4.09. The Bertz CT molecular complexity index is 680. The van der Waals surface area contributed by atoms with Crippen LogP contribution in [0.2, 0.25) is 0 Å². The number of carboxylic acids is 1. The van der Waals surface area contributed by atoms with Gasteiger partial charge in [-0.05, 0) is 18.9 Å². The van der Waals surface area contributed by atoms with Crippen LogP contribution in [-0.4, -0.2) is 33.2 Å². The number of benzene rings is 1. The molecule has 2 atom stereocenters. The number of aliphatic carboxylic acids is 1. The minimum absolute atomic E-state index is 0.314. The highest BCUT2D eigenvalue weighted by molar-refractivity contribution is 6.04. The van der Waals surface area contributed by atoms with Crippen molar-refractivity contribution in [2.45, 2.75) is 31.7 Å². The topological polar surface area (TPSA) is 95.1 Å². The molecule has 1 aromatic carbocycles. The molecule has 6 nitrogen and oxygen atoms in total. The summed E-state index contributed by atoms with van der Waals surface area (Å²) in [6.45, 7) is 0. The minimum Gasteiger partial charge on any atom is -0.481 e. The lowest BCUT2D eigenvalue weighted by molar-refractivity contribution is -0.143. The van der Waals surface area contributed by atoms with Crippen LogP contribution in [0.4, 0.5) is 0 Å². The summed E-state index contributed by atoms with van der Waals surface area (Å²) >= 11 is 0. The van der Waals surface area contributed by atoms with Crippen LogP contribution in [0.15, 0.2) is 24.3 Å². The van der Waals surface area contributed by atoms with Gasteiger partial charge in [0.25, 0.3) is 5.91 Å². The zero-order valence-electron chi connectivity index (χ0n) is 11.5. The fraction of sp³-hybridized carbons (Fsp3) is 0.400. The number of rotatable bonds is 3. The van der Waals surface area contributed by atoms with Crippen molar-refractivity contribution in [3.05, 3.63) is 30.0 Å².